The summed E-state index contributed by atoms with van der Waals surface area (Å²) in [4.78, 5) is 24.3. The lowest BCUT2D eigenvalue weighted by molar-refractivity contribution is -0.116. The third kappa shape index (κ3) is 4.06. The minimum Gasteiger partial charge on any atom is -0.326 e. The molecule has 3 heterocycles. The Balaban J connectivity index is 1.51. The van der Waals surface area contributed by atoms with Gasteiger partial charge in [0.05, 0.1) is 4.90 Å². The van der Waals surface area contributed by atoms with Gasteiger partial charge >= 0.3 is 0 Å². The van der Waals surface area contributed by atoms with Crippen molar-refractivity contribution in [1.29, 1.82) is 0 Å². The fourth-order valence-electron chi connectivity index (χ4n) is 4.47. The molecule has 2 aliphatic rings. The number of anilines is 1. The third-order valence-electron chi connectivity index (χ3n) is 5.98. The van der Waals surface area contributed by atoms with Crippen molar-refractivity contribution in [2.45, 2.75) is 50.0 Å². The molecule has 2 atom stereocenters. The molecule has 1 aromatic carbocycles. The number of unbranched alkanes of at least 4 members (excludes halogenated alkanes) is 1. The van der Waals surface area contributed by atoms with E-state index in [9.17, 15) is 18.0 Å². The molecule has 2 bridgehead atoms. The van der Waals surface area contributed by atoms with E-state index in [0.29, 0.717) is 31.7 Å². The molecule has 30 heavy (non-hydrogen) atoms. The van der Waals surface area contributed by atoms with Gasteiger partial charge in [0.15, 0.2) is 0 Å². The van der Waals surface area contributed by atoms with Crippen LogP contribution in [-0.2, 0) is 21.4 Å². The largest absolute Gasteiger partial charge is 0.326 e. The minimum atomic E-state index is -3.64. The molecule has 2 aliphatic heterocycles. The molecular formula is C22H27N3O4S. The van der Waals surface area contributed by atoms with Gasteiger partial charge in [0.2, 0.25) is 15.9 Å². The first-order chi connectivity index (χ1) is 14.4. The van der Waals surface area contributed by atoms with Crippen molar-refractivity contribution in [3.63, 3.8) is 0 Å². The Labute approximate surface area is 176 Å². The van der Waals surface area contributed by atoms with Crippen molar-refractivity contribution >= 4 is 21.6 Å². The Morgan fingerprint density at radius 1 is 1.10 bits per heavy atom. The van der Waals surface area contributed by atoms with Crippen molar-refractivity contribution < 1.29 is 13.2 Å². The van der Waals surface area contributed by atoms with E-state index in [2.05, 4.69) is 5.32 Å². The van der Waals surface area contributed by atoms with E-state index in [4.69, 9.17) is 0 Å². The van der Waals surface area contributed by atoms with Gasteiger partial charge in [0, 0.05) is 49.4 Å². The number of pyridine rings is 1. The molecule has 160 valence electrons. The Hall–Kier alpha value is -2.45. The van der Waals surface area contributed by atoms with Gasteiger partial charge in [0.1, 0.15) is 0 Å². The maximum Gasteiger partial charge on any atom is 0.250 e. The molecule has 7 nitrogen and oxygen atoms in total. The summed E-state index contributed by atoms with van der Waals surface area (Å²) >= 11 is 0. The van der Waals surface area contributed by atoms with E-state index in [1.807, 2.05) is 13.0 Å². The van der Waals surface area contributed by atoms with Crippen LogP contribution in [0.25, 0.3) is 0 Å². The lowest BCUT2D eigenvalue weighted by Crippen LogP contribution is -2.48. The second kappa shape index (κ2) is 8.35. The summed E-state index contributed by atoms with van der Waals surface area (Å²) in [5, 5.41) is 2.80. The zero-order valence-corrected chi connectivity index (χ0v) is 17.9. The summed E-state index contributed by atoms with van der Waals surface area (Å²) in [6.07, 6.45) is 3.13. The van der Waals surface area contributed by atoms with Crippen LogP contribution in [0.4, 0.5) is 5.69 Å². The molecule has 0 saturated carbocycles. The molecule has 0 radical (unpaired) electrons. The van der Waals surface area contributed by atoms with Crippen LogP contribution in [0.1, 0.15) is 44.2 Å². The van der Waals surface area contributed by atoms with Gasteiger partial charge in [0.25, 0.3) is 5.56 Å². The number of hydrogen-bond donors (Lipinski definition) is 1. The molecule has 1 aromatic heterocycles. The molecule has 0 unspecified atom stereocenters. The zero-order valence-electron chi connectivity index (χ0n) is 17.1. The first-order valence-corrected chi connectivity index (χ1v) is 11.9. The molecule has 1 amide bonds. The van der Waals surface area contributed by atoms with E-state index < -0.39 is 10.0 Å². The number of fused-ring (bicyclic) bond motifs is 4. The molecular weight excluding hydrogens is 402 g/mol. The molecule has 1 fully saturated rings. The highest BCUT2D eigenvalue weighted by Crippen LogP contribution is 2.37. The smallest absolute Gasteiger partial charge is 0.250 e. The van der Waals surface area contributed by atoms with Crippen molar-refractivity contribution in [2.75, 3.05) is 18.4 Å². The van der Waals surface area contributed by atoms with Gasteiger partial charge < -0.3 is 9.88 Å². The third-order valence-corrected chi connectivity index (χ3v) is 7.83. The van der Waals surface area contributed by atoms with Gasteiger partial charge in [-0.15, -0.1) is 0 Å². The Kier molecular flexibility index (Phi) is 5.79. The second-order valence-corrected chi connectivity index (χ2v) is 10.1. The molecule has 1 N–H and O–H groups in total. The number of benzene rings is 1. The zero-order chi connectivity index (χ0) is 21.3. The Morgan fingerprint density at radius 3 is 2.60 bits per heavy atom. The first kappa shape index (κ1) is 20.8. The summed E-state index contributed by atoms with van der Waals surface area (Å²) in [5.74, 6) is 0.0896. The fourth-order valence-corrected chi connectivity index (χ4v) is 6.03. The maximum absolute atomic E-state index is 13.2. The average molecular weight is 430 g/mol. The van der Waals surface area contributed by atoms with Crippen LogP contribution in [0.2, 0.25) is 0 Å². The molecule has 2 aromatic rings. The Bertz CT molecular complexity index is 1090. The number of aromatic nitrogens is 1. The van der Waals surface area contributed by atoms with Gasteiger partial charge in [-0.2, -0.15) is 4.31 Å². The summed E-state index contributed by atoms with van der Waals surface area (Å²) in [7, 11) is -3.64. The summed E-state index contributed by atoms with van der Waals surface area (Å²) < 4.78 is 29.8. The SMILES string of the molecule is CCCCC(=O)Nc1ccc(S(=O)(=O)N2C[C@H]3C[C@@H](C2)c2cccc(=O)n2C3)cc1. The van der Waals surface area contributed by atoms with Crippen molar-refractivity contribution in [1.82, 2.24) is 8.87 Å². The molecule has 1 saturated heterocycles. The second-order valence-electron chi connectivity index (χ2n) is 8.20. The van der Waals surface area contributed by atoms with Crippen LogP contribution >= 0.6 is 0 Å². The number of hydrogen-bond acceptors (Lipinski definition) is 4. The van der Waals surface area contributed by atoms with Gasteiger partial charge in [-0.3, -0.25) is 9.59 Å². The molecule has 8 heteroatoms. The quantitative estimate of drug-likeness (QED) is 0.765. The lowest BCUT2D eigenvalue weighted by Gasteiger charge is -2.42. The van der Waals surface area contributed by atoms with Crippen LogP contribution in [0.15, 0.2) is 52.2 Å². The van der Waals surface area contributed by atoms with Crippen LogP contribution in [-0.4, -0.2) is 36.3 Å². The predicted molar refractivity (Wildman–Crippen MR) is 115 cm³/mol. The van der Waals surface area contributed by atoms with Gasteiger partial charge in [-0.05, 0) is 49.1 Å². The fraction of sp³-hybridized carbons (Fsp3) is 0.455. The van der Waals surface area contributed by atoms with E-state index in [1.165, 1.54) is 0 Å². The predicted octanol–water partition coefficient (Wildman–Crippen LogP) is 2.79. The number of carbonyl (C=O) groups is 1. The normalized spacial score (nSPS) is 21.1. The van der Waals surface area contributed by atoms with Crippen LogP contribution in [0.3, 0.4) is 0 Å². The monoisotopic (exact) mass is 429 g/mol. The van der Waals surface area contributed by atoms with Gasteiger partial charge in [-0.1, -0.05) is 19.4 Å². The Morgan fingerprint density at radius 2 is 1.87 bits per heavy atom. The number of rotatable bonds is 6. The average Bonchev–Trinajstić information content (AvgIpc) is 2.73. The highest BCUT2D eigenvalue weighted by atomic mass is 32.2. The van der Waals surface area contributed by atoms with E-state index in [1.54, 1.807) is 45.3 Å². The standard InChI is InChI=1S/C22H27N3O4S/c1-2-3-6-21(26)23-18-8-10-19(11-9-18)30(28,29)24-13-16-12-17(15-24)20-5-4-7-22(27)25(20)14-16/h4-5,7-11,16-17H,2-3,6,12-15H2,1H3,(H,23,26)/t16-,17+/m1/s1. The number of amides is 1. The van der Waals surface area contributed by atoms with Crippen LogP contribution < -0.4 is 10.9 Å². The molecule has 4 rings (SSSR count). The van der Waals surface area contributed by atoms with Crippen molar-refractivity contribution in [2.24, 2.45) is 5.92 Å². The van der Waals surface area contributed by atoms with Crippen molar-refractivity contribution in [3.8, 4) is 0 Å². The number of sulfonamides is 1. The van der Waals surface area contributed by atoms with Crippen molar-refractivity contribution in [3.05, 3.63) is 58.5 Å². The molecule has 0 aliphatic carbocycles. The van der Waals surface area contributed by atoms with E-state index in [-0.39, 0.29) is 28.2 Å². The van der Waals surface area contributed by atoms with E-state index in [0.717, 1.165) is 25.0 Å². The minimum absolute atomic E-state index is 0.0184. The highest BCUT2D eigenvalue weighted by molar-refractivity contribution is 7.89. The first-order valence-electron chi connectivity index (χ1n) is 10.5. The summed E-state index contributed by atoms with van der Waals surface area (Å²) in [6.45, 7) is 3.37. The number of piperidine rings is 1. The van der Waals surface area contributed by atoms with Crippen LogP contribution in [0, 0.1) is 5.92 Å². The lowest BCUT2D eigenvalue weighted by atomic mass is 9.84. The number of carbonyl (C=O) groups excluding carboxylic acids is 1. The summed E-state index contributed by atoms with van der Waals surface area (Å²) in [5.41, 5.74) is 1.50. The molecule has 0 spiro atoms. The number of nitrogens with one attached hydrogen (secondary N) is 1. The topological polar surface area (TPSA) is 88.5 Å². The van der Waals surface area contributed by atoms with Crippen LogP contribution in [0.5, 0.6) is 0 Å². The summed E-state index contributed by atoms with van der Waals surface area (Å²) in [6, 6.07) is 11.6. The number of nitrogens with zero attached hydrogens (tertiary/aromatic N) is 2. The maximum atomic E-state index is 13.2. The highest BCUT2D eigenvalue weighted by Gasteiger charge is 2.39. The van der Waals surface area contributed by atoms with Gasteiger partial charge in [-0.25, -0.2) is 8.42 Å². The van der Waals surface area contributed by atoms with E-state index >= 15 is 0 Å².